The summed E-state index contributed by atoms with van der Waals surface area (Å²) in [6.07, 6.45) is 2.85. The molecular formula is C10H18N2OS. The topological polar surface area (TPSA) is 45.1 Å². The Labute approximate surface area is 89.2 Å². The van der Waals surface area contributed by atoms with Gasteiger partial charge < -0.3 is 10.4 Å². The lowest BCUT2D eigenvalue weighted by atomic mass is 10.2. The van der Waals surface area contributed by atoms with E-state index in [0.717, 1.165) is 11.4 Å². The second-order valence-corrected chi connectivity index (χ2v) is 4.72. The van der Waals surface area contributed by atoms with Crippen molar-refractivity contribution >= 4 is 11.3 Å². The summed E-state index contributed by atoms with van der Waals surface area (Å²) in [6.45, 7) is 6.37. The normalized spacial score (nSPS) is 15.4. The Bertz CT molecular complexity index is 271. The van der Waals surface area contributed by atoms with Crippen LogP contribution in [0.3, 0.4) is 0 Å². The second kappa shape index (κ2) is 5.44. The maximum atomic E-state index is 9.05. The molecule has 3 nitrogen and oxygen atoms in total. The summed E-state index contributed by atoms with van der Waals surface area (Å²) in [7, 11) is 0. The molecule has 2 atom stereocenters. The molecule has 0 bridgehead atoms. The third kappa shape index (κ3) is 3.04. The van der Waals surface area contributed by atoms with Gasteiger partial charge in [-0.25, -0.2) is 4.98 Å². The first kappa shape index (κ1) is 11.6. The first-order valence-corrected chi connectivity index (χ1v) is 5.78. The summed E-state index contributed by atoms with van der Waals surface area (Å²) in [5.74, 6) is 0. The van der Waals surface area contributed by atoms with Crippen molar-refractivity contribution in [3.05, 3.63) is 16.1 Å². The minimum absolute atomic E-state index is 0.187. The molecule has 0 saturated carbocycles. The maximum Gasteiger partial charge on any atom is 0.0897 e. The number of aliphatic hydroxyl groups excluding tert-OH is 1. The Kier molecular flexibility index (Phi) is 4.51. The van der Waals surface area contributed by atoms with Gasteiger partial charge in [0.05, 0.1) is 11.6 Å². The van der Waals surface area contributed by atoms with Crippen molar-refractivity contribution in [2.75, 3.05) is 6.61 Å². The first-order valence-electron chi connectivity index (χ1n) is 4.96. The van der Waals surface area contributed by atoms with E-state index in [1.807, 2.05) is 13.1 Å². The number of nitrogens with zero attached hydrogens (tertiary/aromatic N) is 1. The van der Waals surface area contributed by atoms with Crippen molar-refractivity contribution in [2.45, 2.75) is 39.3 Å². The Morgan fingerprint density at radius 3 is 2.79 bits per heavy atom. The van der Waals surface area contributed by atoms with Crippen molar-refractivity contribution in [3.63, 3.8) is 0 Å². The third-order valence-electron chi connectivity index (χ3n) is 2.26. The van der Waals surface area contributed by atoms with Crippen molar-refractivity contribution in [2.24, 2.45) is 0 Å². The van der Waals surface area contributed by atoms with Gasteiger partial charge in [0.15, 0.2) is 0 Å². The molecule has 1 unspecified atom stereocenters. The fraction of sp³-hybridized carbons (Fsp3) is 0.700. The predicted molar refractivity (Wildman–Crippen MR) is 59.6 cm³/mol. The Morgan fingerprint density at radius 1 is 1.64 bits per heavy atom. The highest BCUT2D eigenvalue weighted by atomic mass is 32.1. The standard InChI is InChI=1S/C10H18N2OS/c1-4-9(6-13)12-7(2)10-5-11-8(3)14-10/h5,7,9,12-13H,4,6H2,1-3H3/t7?,9-/m1/s1. The third-order valence-corrected chi connectivity index (χ3v) is 3.36. The summed E-state index contributed by atoms with van der Waals surface area (Å²) < 4.78 is 0. The monoisotopic (exact) mass is 214 g/mol. The van der Waals surface area contributed by atoms with Gasteiger partial charge in [-0.2, -0.15) is 0 Å². The highest BCUT2D eigenvalue weighted by Crippen LogP contribution is 2.20. The molecule has 0 amide bonds. The molecule has 0 aromatic carbocycles. The van der Waals surface area contributed by atoms with Crippen LogP contribution in [0.4, 0.5) is 0 Å². The van der Waals surface area contributed by atoms with Gasteiger partial charge in [-0.15, -0.1) is 11.3 Å². The van der Waals surface area contributed by atoms with Crippen LogP contribution < -0.4 is 5.32 Å². The van der Waals surface area contributed by atoms with Crippen molar-refractivity contribution in [1.29, 1.82) is 0 Å². The van der Waals surface area contributed by atoms with E-state index in [1.54, 1.807) is 11.3 Å². The van der Waals surface area contributed by atoms with Crippen molar-refractivity contribution in [1.82, 2.24) is 10.3 Å². The van der Waals surface area contributed by atoms with E-state index in [-0.39, 0.29) is 18.7 Å². The van der Waals surface area contributed by atoms with E-state index in [4.69, 9.17) is 5.11 Å². The molecule has 0 spiro atoms. The van der Waals surface area contributed by atoms with Gasteiger partial charge >= 0.3 is 0 Å². The minimum atomic E-state index is 0.187. The molecular weight excluding hydrogens is 196 g/mol. The summed E-state index contributed by atoms with van der Waals surface area (Å²) in [5, 5.41) is 13.5. The van der Waals surface area contributed by atoms with E-state index in [2.05, 4.69) is 24.1 Å². The molecule has 0 fully saturated rings. The number of rotatable bonds is 5. The highest BCUT2D eigenvalue weighted by molar-refractivity contribution is 7.11. The lowest BCUT2D eigenvalue weighted by molar-refractivity contribution is 0.230. The molecule has 0 aliphatic heterocycles. The van der Waals surface area contributed by atoms with Gasteiger partial charge in [0.1, 0.15) is 0 Å². The number of hydrogen-bond acceptors (Lipinski definition) is 4. The minimum Gasteiger partial charge on any atom is -0.395 e. The van der Waals surface area contributed by atoms with Gasteiger partial charge in [-0.05, 0) is 20.3 Å². The zero-order chi connectivity index (χ0) is 10.6. The van der Waals surface area contributed by atoms with Gasteiger partial charge in [0.2, 0.25) is 0 Å². The predicted octanol–water partition coefficient (Wildman–Crippen LogP) is 1.87. The molecule has 0 saturated heterocycles. The Morgan fingerprint density at radius 2 is 2.36 bits per heavy atom. The number of nitrogens with one attached hydrogen (secondary N) is 1. The van der Waals surface area contributed by atoms with Crippen LogP contribution in [-0.4, -0.2) is 22.7 Å². The van der Waals surface area contributed by atoms with Crippen LogP contribution in [0.5, 0.6) is 0 Å². The van der Waals surface area contributed by atoms with E-state index in [0.29, 0.717) is 0 Å². The quantitative estimate of drug-likeness (QED) is 0.786. The maximum absolute atomic E-state index is 9.05. The number of aryl methyl sites for hydroxylation is 1. The van der Waals surface area contributed by atoms with Crippen LogP contribution in [0.15, 0.2) is 6.20 Å². The SMILES string of the molecule is CC[C@H](CO)NC(C)c1cnc(C)s1. The molecule has 0 radical (unpaired) electrons. The number of hydrogen-bond donors (Lipinski definition) is 2. The zero-order valence-electron chi connectivity index (χ0n) is 8.95. The van der Waals surface area contributed by atoms with Crippen LogP contribution >= 0.6 is 11.3 Å². The lowest BCUT2D eigenvalue weighted by Gasteiger charge is -2.18. The molecule has 0 aliphatic carbocycles. The van der Waals surface area contributed by atoms with E-state index in [1.165, 1.54) is 4.88 Å². The molecule has 0 aliphatic rings. The fourth-order valence-electron chi connectivity index (χ4n) is 1.31. The van der Waals surface area contributed by atoms with Crippen LogP contribution in [0.2, 0.25) is 0 Å². The van der Waals surface area contributed by atoms with Crippen LogP contribution in [-0.2, 0) is 0 Å². The molecule has 1 rings (SSSR count). The van der Waals surface area contributed by atoms with Crippen molar-refractivity contribution in [3.8, 4) is 0 Å². The molecule has 1 aromatic rings. The summed E-state index contributed by atoms with van der Waals surface area (Å²) in [6, 6.07) is 0.464. The average molecular weight is 214 g/mol. The summed E-state index contributed by atoms with van der Waals surface area (Å²) >= 11 is 1.70. The van der Waals surface area contributed by atoms with E-state index in [9.17, 15) is 0 Å². The Balaban J connectivity index is 2.53. The molecule has 2 N–H and O–H groups in total. The Hall–Kier alpha value is -0.450. The van der Waals surface area contributed by atoms with Crippen LogP contribution in [0.25, 0.3) is 0 Å². The average Bonchev–Trinajstić information content (AvgIpc) is 2.61. The fourth-order valence-corrected chi connectivity index (χ4v) is 2.11. The number of aliphatic hydroxyl groups is 1. The molecule has 1 aromatic heterocycles. The van der Waals surface area contributed by atoms with Crippen molar-refractivity contribution < 1.29 is 5.11 Å². The van der Waals surface area contributed by atoms with Gasteiger partial charge in [-0.1, -0.05) is 6.92 Å². The summed E-state index contributed by atoms with van der Waals surface area (Å²) in [5.41, 5.74) is 0. The zero-order valence-corrected chi connectivity index (χ0v) is 9.77. The highest BCUT2D eigenvalue weighted by Gasteiger charge is 2.12. The molecule has 80 valence electrons. The second-order valence-electron chi connectivity index (χ2n) is 3.46. The van der Waals surface area contributed by atoms with E-state index >= 15 is 0 Å². The van der Waals surface area contributed by atoms with Gasteiger partial charge in [0.25, 0.3) is 0 Å². The smallest absolute Gasteiger partial charge is 0.0897 e. The first-order chi connectivity index (χ1) is 6.67. The molecule has 14 heavy (non-hydrogen) atoms. The van der Waals surface area contributed by atoms with E-state index < -0.39 is 0 Å². The number of thiazole rings is 1. The largest absolute Gasteiger partial charge is 0.395 e. The van der Waals surface area contributed by atoms with Crippen LogP contribution in [0.1, 0.15) is 36.2 Å². The number of aromatic nitrogens is 1. The molecule has 1 heterocycles. The van der Waals surface area contributed by atoms with Gasteiger partial charge in [-0.3, -0.25) is 0 Å². The van der Waals surface area contributed by atoms with Gasteiger partial charge in [0, 0.05) is 23.2 Å². The summed E-state index contributed by atoms with van der Waals surface area (Å²) in [4.78, 5) is 5.44. The van der Waals surface area contributed by atoms with Crippen LogP contribution in [0, 0.1) is 6.92 Å². The lowest BCUT2D eigenvalue weighted by Crippen LogP contribution is -2.33. The molecule has 4 heteroatoms.